The van der Waals surface area contributed by atoms with Gasteiger partial charge in [0.15, 0.2) is 0 Å². The molecule has 0 radical (unpaired) electrons. The minimum Gasteiger partial charge on any atom is -0.477 e. The Morgan fingerprint density at radius 2 is 2.04 bits per heavy atom. The van der Waals surface area contributed by atoms with E-state index in [0.717, 1.165) is 13.1 Å². The Hall–Kier alpha value is -2.41. The lowest BCUT2D eigenvalue weighted by molar-refractivity contribution is 0.0695. The van der Waals surface area contributed by atoms with Gasteiger partial charge in [0.1, 0.15) is 11.4 Å². The number of benzene rings is 1. The predicted molar refractivity (Wildman–Crippen MR) is 85.9 cm³/mol. The summed E-state index contributed by atoms with van der Waals surface area (Å²) in [5.74, 6) is -1.67. The summed E-state index contributed by atoms with van der Waals surface area (Å²) in [5, 5.41) is 12.6. The zero-order valence-corrected chi connectivity index (χ0v) is 12.8. The Balaban J connectivity index is 2.26. The van der Waals surface area contributed by atoms with E-state index in [1.54, 1.807) is 4.57 Å². The van der Waals surface area contributed by atoms with E-state index in [1.807, 2.05) is 11.8 Å². The van der Waals surface area contributed by atoms with Gasteiger partial charge in [0, 0.05) is 50.4 Å². The number of fused-ring (bicyclic) bond motifs is 1. The van der Waals surface area contributed by atoms with Gasteiger partial charge in [-0.1, -0.05) is 0 Å². The van der Waals surface area contributed by atoms with Crippen molar-refractivity contribution in [3.8, 4) is 0 Å². The van der Waals surface area contributed by atoms with Crippen LogP contribution in [0.1, 0.15) is 17.3 Å². The van der Waals surface area contributed by atoms with Gasteiger partial charge < -0.3 is 19.9 Å². The highest BCUT2D eigenvalue weighted by Gasteiger charge is 2.20. The van der Waals surface area contributed by atoms with Gasteiger partial charge in [-0.15, -0.1) is 0 Å². The SMILES string of the molecule is CCn1cc(C(=O)O)c(=O)c2cc(N3CCNCC3)c(F)cc21. The fraction of sp³-hybridized carbons (Fsp3) is 0.375. The molecule has 7 heteroatoms. The van der Waals surface area contributed by atoms with Crippen LogP contribution in [0.25, 0.3) is 10.9 Å². The lowest BCUT2D eigenvalue weighted by atomic mass is 10.1. The molecule has 1 aromatic heterocycles. The predicted octanol–water partition coefficient (Wildman–Crippen LogP) is 1.27. The maximum Gasteiger partial charge on any atom is 0.341 e. The first-order valence-electron chi connectivity index (χ1n) is 7.58. The molecule has 2 N–H and O–H groups in total. The first-order chi connectivity index (χ1) is 11.0. The number of rotatable bonds is 3. The maximum absolute atomic E-state index is 14.5. The lowest BCUT2D eigenvalue weighted by Gasteiger charge is -2.30. The van der Waals surface area contributed by atoms with Crippen molar-refractivity contribution in [2.24, 2.45) is 0 Å². The van der Waals surface area contributed by atoms with E-state index in [4.69, 9.17) is 0 Å². The fourth-order valence-electron chi connectivity index (χ4n) is 2.96. The number of piperazine rings is 1. The molecule has 0 bridgehead atoms. The van der Waals surface area contributed by atoms with Crippen molar-refractivity contribution in [3.63, 3.8) is 0 Å². The Morgan fingerprint density at radius 3 is 2.65 bits per heavy atom. The molecule has 2 aromatic rings. The Bertz CT molecular complexity index is 825. The number of carboxylic acids is 1. The molecular weight excluding hydrogens is 301 g/mol. The molecule has 1 aliphatic heterocycles. The van der Waals surface area contributed by atoms with Crippen LogP contribution in [-0.2, 0) is 6.54 Å². The quantitative estimate of drug-likeness (QED) is 0.891. The van der Waals surface area contributed by atoms with E-state index in [-0.39, 0.29) is 10.9 Å². The molecule has 23 heavy (non-hydrogen) atoms. The van der Waals surface area contributed by atoms with Gasteiger partial charge in [0.2, 0.25) is 5.43 Å². The van der Waals surface area contributed by atoms with Gasteiger partial charge >= 0.3 is 5.97 Å². The van der Waals surface area contributed by atoms with Gasteiger partial charge in [0.05, 0.1) is 11.2 Å². The van der Waals surface area contributed by atoms with Crippen molar-refractivity contribution >= 4 is 22.6 Å². The highest BCUT2D eigenvalue weighted by Crippen LogP contribution is 2.25. The molecule has 1 fully saturated rings. The van der Waals surface area contributed by atoms with Crippen molar-refractivity contribution in [3.05, 3.63) is 39.9 Å². The molecule has 0 amide bonds. The van der Waals surface area contributed by atoms with Crippen LogP contribution < -0.4 is 15.6 Å². The molecule has 6 nitrogen and oxygen atoms in total. The van der Waals surface area contributed by atoms with Crippen molar-refractivity contribution < 1.29 is 14.3 Å². The van der Waals surface area contributed by atoms with E-state index in [9.17, 15) is 19.1 Å². The van der Waals surface area contributed by atoms with Crippen LogP contribution in [0.3, 0.4) is 0 Å². The minimum atomic E-state index is -1.27. The molecule has 0 atom stereocenters. The van der Waals surface area contributed by atoms with E-state index < -0.39 is 17.2 Å². The van der Waals surface area contributed by atoms with E-state index in [0.29, 0.717) is 30.8 Å². The Kier molecular flexibility index (Phi) is 4.04. The van der Waals surface area contributed by atoms with Crippen molar-refractivity contribution in [2.75, 3.05) is 31.1 Å². The Labute approximate surface area is 132 Å². The van der Waals surface area contributed by atoms with Gasteiger partial charge in [-0.05, 0) is 13.0 Å². The standard InChI is InChI=1S/C16H18FN3O3/c1-2-19-9-11(16(22)23)15(21)10-7-14(12(17)8-13(10)19)20-5-3-18-4-6-20/h7-9,18H,2-6H2,1H3,(H,22,23). The van der Waals surface area contributed by atoms with Crippen molar-refractivity contribution in [1.82, 2.24) is 9.88 Å². The molecule has 3 rings (SSSR count). The monoisotopic (exact) mass is 319 g/mol. The van der Waals surface area contributed by atoms with Crippen molar-refractivity contribution in [1.29, 1.82) is 0 Å². The average molecular weight is 319 g/mol. The zero-order chi connectivity index (χ0) is 16.6. The summed E-state index contributed by atoms with van der Waals surface area (Å²) < 4.78 is 16.1. The summed E-state index contributed by atoms with van der Waals surface area (Å²) >= 11 is 0. The van der Waals surface area contributed by atoms with Crippen molar-refractivity contribution in [2.45, 2.75) is 13.5 Å². The summed E-state index contributed by atoms with van der Waals surface area (Å²) in [5.41, 5.74) is -0.106. The molecule has 0 saturated carbocycles. The second kappa shape index (κ2) is 6.00. The number of carboxylic acid groups (broad SMARTS) is 1. The summed E-state index contributed by atoms with van der Waals surface area (Å²) in [6, 6.07) is 2.81. The smallest absolute Gasteiger partial charge is 0.341 e. The number of nitrogens with one attached hydrogen (secondary N) is 1. The number of hydrogen-bond acceptors (Lipinski definition) is 4. The second-order valence-corrected chi connectivity index (χ2v) is 5.52. The summed E-state index contributed by atoms with van der Waals surface area (Å²) in [4.78, 5) is 25.6. The molecule has 1 aliphatic rings. The van der Waals surface area contributed by atoms with E-state index >= 15 is 0 Å². The summed E-state index contributed by atoms with van der Waals surface area (Å²) in [6.07, 6.45) is 1.27. The van der Waals surface area contributed by atoms with E-state index in [2.05, 4.69) is 5.32 Å². The molecule has 0 unspecified atom stereocenters. The molecule has 122 valence electrons. The molecule has 2 heterocycles. The number of carbonyl (C=O) groups is 1. The number of hydrogen-bond donors (Lipinski definition) is 2. The number of aromatic nitrogens is 1. The number of halogens is 1. The lowest BCUT2D eigenvalue weighted by Crippen LogP contribution is -2.44. The highest BCUT2D eigenvalue weighted by molar-refractivity contribution is 5.93. The maximum atomic E-state index is 14.5. The third-order valence-corrected chi connectivity index (χ3v) is 4.18. The van der Waals surface area contributed by atoms with Crippen LogP contribution in [0.4, 0.5) is 10.1 Å². The van der Waals surface area contributed by atoms with Crippen LogP contribution in [0, 0.1) is 5.82 Å². The van der Waals surface area contributed by atoms with Crippen LogP contribution in [0.2, 0.25) is 0 Å². The molecular formula is C16H18FN3O3. The first kappa shape index (κ1) is 15.5. The number of pyridine rings is 1. The van der Waals surface area contributed by atoms with Gasteiger partial charge in [0.25, 0.3) is 0 Å². The third-order valence-electron chi connectivity index (χ3n) is 4.18. The van der Waals surface area contributed by atoms with Crippen LogP contribution in [0.5, 0.6) is 0 Å². The fourth-order valence-corrected chi connectivity index (χ4v) is 2.96. The minimum absolute atomic E-state index is 0.238. The second-order valence-electron chi connectivity index (χ2n) is 5.52. The molecule has 0 aliphatic carbocycles. The number of aromatic carboxylic acids is 1. The van der Waals surface area contributed by atoms with Gasteiger partial charge in [-0.3, -0.25) is 4.79 Å². The van der Waals surface area contributed by atoms with Crippen LogP contribution in [-0.4, -0.2) is 41.8 Å². The Morgan fingerprint density at radius 1 is 1.35 bits per heavy atom. The van der Waals surface area contributed by atoms with Gasteiger partial charge in [-0.2, -0.15) is 0 Å². The molecule has 1 aromatic carbocycles. The molecule has 1 saturated heterocycles. The molecule has 0 spiro atoms. The van der Waals surface area contributed by atoms with Gasteiger partial charge in [-0.25, -0.2) is 9.18 Å². The third kappa shape index (κ3) is 2.68. The number of anilines is 1. The first-order valence-corrected chi connectivity index (χ1v) is 7.58. The summed E-state index contributed by atoms with van der Waals surface area (Å²) in [6.45, 7) is 5.03. The topological polar surface area (TPSA) is 74.6 Å². The van der Waals surface area contributed by atoms with E-state index in [1.165, 1.54) is 18.3 Å². The van der Waals surface area contributed by atoms with Crippen LogP contribution in [0.15, 0.2) is 23.1 Å². The highest BCUT2D eigenvalue weighted by atomic mass is 19.1. The average Bonchev–Trinajstić information content (AvgIpc) is 2.55. The van der Waals surface area contributed by atoms with Crippen LogP contribution >= 0.6 is 0 Å². The summed E-state index contributed by atoms with van der Waals surface area (Å²) in [7, 11) is 0. The normalized spacial score (nSPS) is 15.1. The number of nitrogens with zero attached hydrogens (tertiary/aromatic N) is 2. The zero-order valence-electron chi connectivity index (χ0n) is 12.8. The number of aryl methyl sites for hydroxylation is 1. The largest absolute Gasteiger partial charge is 0.477 e.